The number of piperazine rings is 1. The van der Waals surface area contributed by atoms with Gasteiger partial charge in [0.25, 0.3) is 11.8 Å². The van der Waals surface area contributed by atoms with E-state index in [1.165, 1.54) is 29.2 Å². The number of ether oxygens (including phenoxy) is 6. The van der Waals surface area contributed by atoms with Crippen molar-refractivity contribution < 1.29 is 42.8 Å². The number of rotatable bonds is 12. The van der Waals surface area contributed by atoms with Crippen molar-refractivity contribution in [2.75, 3.05) is 90.9 Å². The van der Waals surface area contributed by atoms with Crippen LogP contribution in [0, 0.1) is 22.7 Å². The maximum atomic E-state index is 15.4. The molecule has 7 aliphatic heterocycles. The molecule has 0 spiro atoms. The number of pyridine rings is 1. The second kappa shape index (κ2) is 22.1. The Morgan fingerprint density at radius 2 is 1.83 bits per heavy atom. The predicted octanol–water partition coefficient (Wildman–Crippen LogP) is 5.95. The highest BCUT2D eigenvalue weighted by Gasteiger charge is 2.61. The Labute approximate surface area is 461 Å². The molecule has 2 saturated carbocycles. The molecule has 2 amide bonds. The highest BCUT2D eigenvalue weighted by atomic mass is 32.1. The number of carbonyl (C=O) groups excluding carboxylic acids is 3. The van der Waals surface area contributed by atoms with Crippen LogP contribution in [-0.4, -0.2) is 175 Å². The van der Waals surface area contributed by atoms with Crippen LogP contribution in [0.4, 0.5) is 5.69 Å². The molecule has 13 rings (SSSR count). The van der Waals surface area contributed by atoms with Crippen molar-refractivity contribution in [3.63, 3.8) is 0 Å². The SMILES string of the molecule is CO[C@@H](C)c1ncc(N2CCN(C3CC3)CC2)cc1-c1c2c3cc(ccc3n1CCOC1CCOCC1)-c1csc(n1)[C@@H](N1CCOCC1C#N)[C@H](NC(=O)C13CC(C1)C(C)O3)C(=O)N1CCC[C@H](N1)C(=O)OCC(C)(C)C2. The number of hydrazine groups is 1. The number of methoxy groups -OCH3 is 1. The van der Waals surface area contributed by atoms with Crippen LogP contribution in [0.3, 0.4) is 0 Å². The van der Waals surface area contributed by atoms with Crippen molar-refractivity contribution in [1.82, 2.24) is 40.1 Å². The molecule has 6 saturated heterocycles. The number of carbonyl (C=O) groups is 3. The van der Waals surface area contributed by atoms with Crippen molar-refractivity contribution in [2.24, 2.45) is 11.3 Å². The van der Waals surface area contributed by atoms with Crippen LogP contribution < -0.4 is 15.6 Å². The number of hydrogen-bond acceptors (Lipinski definition) is 17. The maximum Gasteiger partial charge on any atom is 0.324 e. The third kappa shape index (κ3) is 10.5. The van der Waals surface area contributed by atoms with Crippen LogP contribution in [0.1, 0.15) is 107 Å². The highest BCUT2D eigenvalue weighted by Crippen LogP contribution is 2.53. The van der Waals surface area contributed by atoms with Gasteiger partial charge < -0.3 is 43.2 Å². The lowest BCUT2D eigenvalue weighted by Gasteiger charge is -2.43. The molecule has 6 atom stereocenters. The highest BCUT2D eigenvalue weighted by molar-refractivity contribution is 7.10. The first kappa shape index (κ1) is 53.6. The molecule has 3 aromatic heterocycles. The van der Waals surface area contributed by atoms with E-state index in [4.69, 9.17) is 38.4 Å². The molecule has 9 aliphatic rings. The largest absolute Gasteiger partial charge is 0.464 e. The molecular weight excluding hydrogens is 1010 g/mol. The predicted molar refractivity (Wildman–Crippen MR) is 292 cm³/mol. The van der Waals surface area contributed by atoms with E-state index in [9.17, 15) is 14.9 Å². The molecule has 2 unspecified atom stereocenters. The van der Waals surface area contributed by atoms with Gasteiger partial charge in [0.05, 0.1) is 85.8 Å². The number of amides is 2. The minimum Gasteiger partial charge on any atom is -0.464 e. The normalized spacial score (nSPS) is 29.6. The lowest BCUT2D eigenvalue weighted by Crippen LogP contribution is -2.65. The van der Waals surface area contributed by atoms with E-state index in [0.29, 0.717) is 94.9 Å². The van der Waals surface area contributed by atoms with Crippen molar-refractivity contribution in [3.05, 3.63) is 52.1 Å². The molecule has 8 bridgehead atoms. The number of hydrogen-bond donors (Lipinski definition) is 2. The fourth-order valence-electron chi connectivity index (χ4n) is 13.2. The van der Waals surface area contributed by atoms with E-state index in [1.807, 2.05) is 23.4 Å². The molecule has 20 heteroatoms. The fraction of sp³-hybridized carbons (Fsp3) is 0.655. The number of morpholine rings is 1. The smallest absolute Gasteiger partial charge is 0.324 e. The van der Waals surface area contributed by atoms with Crippen molar-refractivity contribution in [1.29, 1.82) is 5.26 Å². The number of cyclic esters (lactones) is 1. The van der Waals surface area contributed by atoms with Gasteiger partial charge in [0.15, 0.2) is 0 Å². The fourth-order valence-corrected chi connectivity index (χ4v) is 14.2. The minimum absolute atomic E-state index is 0.0799. The van der Waals surface area contributed by atoms with Gasteiger partial charge in [-0.15, -0.1) is 11.3 Å². The molecule has 10 heterocycles. The van der Waals surface area contributed by atoms with E-state index in [2.05, 4.69) is 76.2 Å². The first-order valence-corrected chi connectivity index (χ1v) is 29.5. The summed E-state index contributed by atoms with van der Waals surface area (Å²) in [4.78, 5) is 62.2. The monoisotopic (exact) mass is 1090 g/mol. The van der Waals surface area contributed by atoms with Gasteiger partial charge in [-0.3, -0.25) is 34.2 Å². The van der Waals surface area contributed by atoms with Crippen molar-refractivity contribution in [2.45, 2.75) is 146 Å². The van der Waals surface area contributed by atoms with Gasteiger partial charge >= 0.3 is 5.97 Å². The minimum atomic E-state index is -1.22. The number of nitriles is 1. The van der Waals surface area contributed by atoms with Gasteiger partial charge in [0, 0.05) is 105 Å². The molecular formula is C58H76N10O9S. The average molecular weight is 1090 g/mol. The van der Waals surface area contributed by atoms with Gasteiger partial charge in [-0.25, -0.2) is 10.4 Å². The third-order valence-corrected chi connectivity index (χ3v) is 18.8. The van der Waals surface area contributed by atoms with E-state index < -0.39 is 47.1 Å². The number of esters is 1. The Hall–Kier alpha value is -5.08. The third-order valence-electron chi connectivity index (χ3n) is 17.9. The quantitative estimate of drug-likeness (QED) is 0.158. The van der Waals surface area contributed by atoms with Crippen LogP contribution >= 0.6 is 11.3 Å². The van der Waals surface area contributed by atoms with E-state index in [1.54, 1.807) is 7.11 Å². The molecule has 2 aliphatic carbocycles. The summed E-state index contributed by atoms with van der Waals surface area (Å²) >= 11 is 1.40. The Balaban J connectivity index is 1.01. The zero-order valence-electron chi connectivity index (χ0n) is 45.9. The van der Waals surface area contributed by atoms with Gasteiger partial charge in [-0.05, 0) is 101 Å². The number of benzene rings is 1. The summed E-state index contributed by atoms with van der Waals surface area (Å²) in [5.41, 5.74) is 9.17. The van der Waals surface area contributed by atoms with Crippen molar-refractivity contribution in [3.8, 4) is 28.6 Å². The molecule has 2 N–H and O–H groups in total. The summed E-state index contributed by atoms with van der Waals surface area (Å²) in [5.74, 6) is -0.992. The van der Waals surface area contributed by atoms with Gasteiger partial charge in [-0.1, -0.05) is 19.9 Å². The number of aromatic nitrogens is 3. The summed E-state index contributed by atoms with van der Waals surface area (Å²) in [6.07, 6.45) is 8.60. The topological polar surface area (TPSA) is 198 Å². The Morgan fingerprint density at radius 3 is 2.58 bits per heavy atom. The molecule has 4 aromatic rings. The molecule has 8 fully saturated rings. The summed E-state index contributed by atoms with van der Waals surface area (Å²) in [6, 6.07) is 8.29. The van der Waals surface area contributed by atoms with E-state index >= 15 is 4.79 Å². The summed E-state index contributed by atoms with van der Waals surface area (Å²) in [5, 5.41) is 18.9. The zero-order valence-corrected chi connectivity index (χ0v) is 46.7. The van der Waals surface area contributed by atoms with Crippen LogP contribution in [0.15, 0.2) is 35.8 Å². The van der Waals surface area contributed by atoms with E-state index in [-0.39, 0.29) is 43.4 Å². The number of thiazole rings is 1. The number of anilines is 1. The Kier molecular flexibility index (Phi) is 15.2. The first-order valence-electron chi connectivity index (χ1n) is 28.6. The second-order valence-electron chi connectivity index (χ2n) is 23.8. The molecule has 19 nitrogen and oxygen atoms in total. The van der Waals surface area contributed by atoms with Crippen LogP contribution in [0.2, 0.25) is 0 Å². The van der Waals surface area contributed by atoms with Crippen LogP contribution in [0.25, 0.3) is 33.4 Å². The zero-order chi connectivity index (χ0) is 53.9. The van der Waals surface area contributed by atoms with Crippen LogP contribution in [-0.2, 0) is 55.8 Å². The second-order valence-corrected chi connectivity index (χ2v) is 24.7. The summed E-state index contributed by atoms with van der Waals surface area (Å²) in [6.45, 7) is 15.7. The molecule has 1 aromatic carbocycles. The van der Waals surface area contributed by atoms with Crippen molar-refractivity contribution >= 4 is 45.7 Å². The molecule has 0 radical (unpaired) electrons. The average Bonchev–Trinajstić information content (AvgIpc) is 4.04. The van der Waals surface area contributed by atoms with E-state index in [0.717, 1.165) is 83.7 Å². The van der Waals surface area contributed by atoms with Crippen LogP contribution in [0.5, 0.6) is 0 Å². The maximum absolute atomic E-state index is 15.4. The Bertz CT molecular complexity index is 2920. The Morgan fingerprint density at radius 1 is 1.03 bits per heavy atom. The molecule has 78 heavy (non-hydrogen) atoms. The first-order chi connectivity index (χ1) is 37.8. The summed E-state index contributed by atoms with van der Waals surface area (Å²) in [7, 11) is 1.73. The number of nitrogens with one attached hydrogen (secondary N) is 2. The van der Waals surface area contributed by atoms with Gasteiger partial charge in [-0.2, -0.15) is 5.26 Å². The number of nitrogens with zero attached hydrogens (tertiary/aromatic N) is 8. The standard InChI is InChI=1S/C58H76N10O9S/c1-35-38-27-58(28-38,77-35)56(71)62-50-52(66-19-23-74-32-41(66)30-59)53-61-47(33-78-53)37-8-11-48-43(25-37)45(29-57(3,4)34-76-55(70)46-7-6-14-68(63-46)54(50)69)51(67(48)20-24-75-42-12-21-73-22-13-42)44-26-40(31-60-49(44)36(2)72-5)65-17-15-64(16-18-65)39-9-10-39/h8,11,25-26,31,33,35-36,38-39,41-42,46,50,52,63H,6-7,9-10,12-24,27-29,32,34H2,1-5H3,(H,62,71)/t35?,36-,38?,41?,46-,50-,52-,58?/m0/s1. The lowest BCUT2D eigenvalue weighted by atomic mass is 9.72. The van der Waals surface area contributed by atoms with Gasteiger partial charge in [0.1, 0.15) is 28.7 Å². The lowest BCUT2D eigenvalue weighted by molar-refractivity contribution is -0.158. The molecule has 418 valence electrons. The number of fused-ring (bicyclic) bond motifs is 7. The summed E-state index contributed by atoms with van der Waals surface area (Å²) < 4.78 is 39.4. The van der Waals surface area contributed by atoms with Gasteiger partial charge in [0.2, 0.25) is 0 Å².